The van der Waals surface area contributed by atoms with E-state index in [1.165, 1.54) is 18.4 Å². The first kappa shape index (κ1) is 17.4. The van der Waals surface area contributed by atoms with E-state index < -0.39 is 0 Å². The van der Waals surface area contributed by atoms with Crippen molar-refractivity contribution in [3.8, 4) is 0 Å². The van der Waals surface area contributed by atoms with Crippen LogP contribution >= 0.6 is 0 Å². The zero-order chi connectivity index (χ0) is 17.5. The standard InChI is InChI=1S/C20H26N4O/c1-16-7-6-12-24(15-16)19-14-22-18(13-23-19)20(25)21-11-5-10-17-8-3-2-4-9-17/h2-4,8-9,13-14,16H,5-7,10-12,15H2,1H3,(H,21,25). The SMILES string of the molecule is CC1CCCN(c2cnc(C(=O)NCCCc3ccccc3)cn2)C1. The number of carbonyl (C=O) groups is 1. The molecule has 0 radical (unpaired) electrons. The Morgan fingerprint density at radius 3 is 2.80 bits per heavy atom. The average molecular weight is 338 g/mol. The lowest BCUT2D eigenvalue weighted by molar-refractivity contribution is 0.0948. The molecular weight excluding hydrogens is 312 g/mol. The van der Waals surface area contributed by atoms with Crippen LogP contribution in [0.2, 0.25) is 0 Å². The highest BCUT2D eigenvalue weighted by atomic mass is 16.1. The van der Waals surface area contributed by atoms with Crippen molar-refractivity contribution in [2.75, 3.05) is 24.5 Å². The van der Waals surface area contributed by atoms with Gasteiger partial charge in [-0.25, -0.2) is 9.97 Å². The number of aromatic nitrogens is 2. The summed E-state index contributed by atoms with van der Waals surface area (Å²) >= 11 is 0. The summed E-state index contributed by atoms with van der Waals surface area (Å²) in [5.41, 5.74) is 1.67. The molecule has 1 aromatic heterocycles. The van der Waals surface area contributed by atoms with E-state index in [-0.39, 0.29) is 5.91 Å². The van der Waals surface area contributed by atoms with Crippen molar-refractivity contribution in [2.24, 2.45) is 5.92 Å². The Balaban J connectivity index is 1.46. The number of nitrogens with one attached hydrogen (secondary N) is 1. The molecule has 0 aliphatic carbocycles. The first-order valence-corrected chi connectivity index (χ1v) is 9.11. The molecule has 1 unspecified atom stereocenters. The summed E-state index contributed by atoms with van der Waals surface area (Å²) < 4.78 is 0. The highest BCUT2D eigenvalue weighted by Crippen LogP contribution is 2.20. The summed E-state index contributed by atoms with van der Waals surface area (Å²) in [7, 11) is 0. The predicted octanol–water partition coefficient (Wildman–Crippen LogP) is 3.08. The minimum absolute atomic E-state index is 0.154. The number of hydrogen-bond acceptors (Lipinski definition) is 4. The second-order valence-electron chi connectivity index (χ2n) is 6.80. The largest absolute Gasteiger partial charge is 0.355 e. The van der Waals surface area contributed by atoms with E-state index >= 15 is 0 Å². The summed E-state index contributed by atoms with van der Waals surface area (Å²) in [5, 5.41) is 2.92. The minimum Gasteiger partial charge on any atom is -0.355 e. The number of aryl methyl sites for hydroxylation is 1. The molecule has 5 nitrogen and oxygen atoms in total. The average Bonchev–Trinajstić information content (AvgIpc) is 2.66. The molecule has 1 saturated heterocycles. The van der Waals surface area contributed by atoms with Crippen LogP contribution in [0.4, 0.5) is 5.82 Å². The summed E-state index contributed by atoms with van der Waals surface area (Å²) in [4.78, 5) is 23.2. The van der Waals surface area contributed by atoms with Crippen LogP contribution in [-0.4, -0.2) is 35.5 Å². The van der Waals surface area contributed by atoms with Gasteiger partial charge >= 0.3 is 0 Å². The molecule has 25 heavy (non-hydrogen) atoms. The van der Waals surface area contributed by atoms with E-state index in [0.29, 0.717) is 18.2 Å². The van der Waals surface area contributed by atoms with E-state index in [4.69, 9.17) is 0 Å². The number of piperidine rings is 1. The van der Waals surface area contributed by atoms with Crippen LogP contribution in [0.15, 0.2) is 42.7 Å². The third kappa shape index (κ3) is 5.02. The smallest absolute Gasteiger partial charge is 0.271 e. The van der Waals surface area contributed by atoms with Crippen LogP contribution < -0.4 is 10.2 Å². The van der Waals surface area contributed by atoms with Gasteiger partial charge in [-0.3, -0.25) is 4.79 Å². The fraction of sp³-hybridized carbons (Fsp3) is 0.450. The first-order chi connectivity index (χ1) is 12.2. The van der Waals surface area contributed by atoms with Crippen molar-refractivity contribution in [1.82, 2.24) is 15.3 Å². The molecule has 1 aliphatic heterocycles. The summed E-state index contributed by atoms with van der Waals surface area (Å²) in [6.45, 7) is 4.93. The molecule has 1 aliphatic rings. The molecule has 0 spiro atoms. The van der Waals surface area contributed by atoms with Gasteiger partial charge in [-0.15, -0.1) is 0 Å². The van der Waals surface area contributed by atoms with E-state index in [1.54, 1.807) is 12.4 Å². The predicted molar refractivity (Wildman–Crippen MR) is 99.7 cm³/mol. The van der Waals surface area contributed by atoms with Crippen molar-refractivity contribution >= 4 is 11.7 Å². The van der Waals surface area contributed by atoms with Crippen LogP contribution in [-0.2, 0) is 6.42 Å². The molecular formula is C20H26N4O. The van der Waals surface area contributed by atoms with Gasteiger partial charge in [-0.05, 0) is 37.2 Å². The quantitative estimate of drug-likeness (QED) is 0.823. The van der Waals surface area contributed by atoms with Crippen LogP contribution in [0, 0.1) is 5.92 Å². The van der Waals surface area contributed by atoms with Gasteiger partial charge in [-0.2, -0.15) is 0 Å². The third-order valence-corrected chi connectivity index (χ3v) is 4.62. The zero-order valence-corrected chi connectivity index (χ0v) is 14.8. The monoisotopic (exact) mass is 338 g/mol. The summed E-state index contributed by atoms with van der Waals surface area (Å²) in [5.74, 6) is 1.40. The van der Waals surface area contributed by atoms with Crippen molar-refractivity contribution in [3.63, 3.8) is 0 Å². The fourth-order valence-corrected chi connectivity index (χ4v) is 3.23. The lowest BCUT2D eigenvalue weighted by Gasteiger charge is -2.31. The lowest BCUT2D eigenvalue weighted by atomic mass is 10.0. The fourth-order valence-electron chi connectivity index (χ4n) is 3.23. The number of benzene rings is 1. The maximum atomic E-state index is 12.2. The molecule has 1 atom stereocenters. The van der Waals surface area contributed by atoms with E-state index in [2.05, 4.69) is 39.2 Å². The van der Waals surface area contributed by atoms with E-state index in [1.807, 2.05) is 18.2 Å². The molecule has 2 aromatic rings. The van der Waals surface area contributed by atoms with Gasteiger partial charge in [0.2, 0.25) is 0 Å². The van der Waals surface area contributed by atoms with E-state index in [9.17, 15) is 4.79 Å². The van der Waals surface area contributed by atoms with Crippen molar-refractivity contribution in [2.45, 2.75) is 32.6 Å². The Labute approximate surface area is 149 Å². The second kappa shape index (κ2) is 8.60. The molecule has 132 valence electrons. The Morgan fingerprint density at radius 1 is 1.24 bits per heavy atom. The van der Waals surface area contributed by atoms with Gasteiger partial charge < -0.3 is 10.2 Å². The normalized spacial score (nSPS) is 17.3. The van der Waals surface area contributed by atoms with Gasteiger partial charge in [0.05, 0.1) is 12.4 Å². The number of nitrogens with zero attached hydrogens (tertiary/aromatic N) is 3. The number of amides is 1. The molecule has 5 heteroatoms. The van der Waals surface area contributed by atoms with Crippen molar-refractivity contribution in [3.05, 3.63) is 54.0 Å². The number of anilines is 1. The minimum atomic E-state index is -0.154. The number of rotatable bonds is 6. The number of carbonyl (C=O) groups excluding carboxylic acids is 1. The van der Waals surface area contributed by atoms with Crippen molar-refractivity contribution < 1.29 is 4.79 Å². The topological polar surface area (TPSA) is 58.1 Å². The van der Waals surface area contributed by atoms with Gasteiger partial charge in [0.25, 0.3) is 5.91 Å². The van der Waals surface area contributed by atoms with Gasteiger partial charge in [-0.1, -0.05) is 37.3 Å². The zero-order valence-electron chi connectivity index (χ0n) is 14.8. The van der Waals surface area contributed by atoms with Gasteiger partial charge in [0.1, 0.15) is 11.5 Å². The first-order valence-electron chi connectivity index (χ1n) is 9.11. The number of hydrogen-bond donors (Lipinski definition) is 1. The summed E-state index contributed by atoms with van der Waals surface area (Å²) in [6, 6.07) is 10.3. The van der Waals surface area contributed by atoms with Gasteiger partial charge in [0.15, 0.2) is 0 Å². The molecule has 3 rings (SSSR count). The van der Waals surface area contributed by atoms with Crippen LogP contribution in [0.1, 0.15) is 42.2 Å². The van der Waals surface area contributed by atoms with Gasteiger partial charge in [0, 0.05) is 19.6 Å². The molecule has 1 fully saturated rings. The summed E-state index contributed by atoms with van der Waals surface area (Å²) in [6.07, 6.45) is 7.63. The molecule has 2 heterocycles. The van der Waals surface area contributed by atoms with E-state index in [0.717, 1.165) is 31.7 Å². The molecule has 1 N–H and O–H groups in total. The Hall–Kier alpha value is -2.43. The Morgan fingerprint density at radius 2 is 2.08 bits per heavy atom. The molecule has 0 saturated carbocycles. The van der Waals surface area contributed by atoms with Crippen LogP contribution in [0.25, 0.3) is 0 Å². The Kier molecular flexibility index (Phi) is 5.99. The highest BCUT2D eigenvalue weighted by molar-refractivity contribution is 5.91. The lowest BCUT2D eigenvalue weighted by Crippen LogP contribution is -2.35. The Bertz CT molecular complexity index is 672. The molecule has 1 amide bonds. The van der Waals surface area contributed by atoms with Crippen LogP contribution in [0.5, 0.6) is 0 Å². The maximum Gasteiger partial charge on any atom is 0.271 e. The van der Waals surface area contributed by atoms with Crippen molar-refractivity contribution in [1.29, 1.82) is 0 Å². The maximum absolute atomic E-state index is 12.2. The molecule has 0 bridgehead atoms. The molecule has 1 aromatic carbocycles. The third-order valence-electron chi connectivity index (χ3n) is 4.62. The van der Waals surface area contributed by atoms with Crippen LogP contribution in [0.3, 0.4) is 0 Å². The second-order valence-corrected chi connectivity index (χ2v) is 6.80. The highest BCUT2D eigenvalue weighted by Gasteiger charge is 2.18.